The Kier molecular flexibility index (Phi) is 6.17. The van der Waals surface area contributed by atoms with E-state index in [0.29, 0.717) is 33.9 Å². The number of halogens is 2. The number of carbonyl (C=O) groups excluding carboxylic acids is 1. The maximum absolute atomic E-state index is 13.4. The average Bonchev–Trinajstić information content (AvgIpc) is 2.79. The van der Waals surface area contributed by atoms with Crippen LogP contribution in [0.1, 0.15) is 21.5 Å². The van der Waals surface area contributed by atoms with Crippen molar-refractivity contribution in [2.45, 2.75) is 13.5 Å². The van der Waals surface area contributed by atoms with Crippen molar-refractivity contribution >= 4 is 5.91 Å². The summed E-state index contributed by atoms with van der Waals surface area (Å²) in [5.41, 5.74) is 2.94. The second-order valence-electron chi connectivity index (χ2n) is 7.11. The Balaban J connectivity index is 1.51. The minimum Gasteiger partial charge on any atom is -0.457 e. The van der Waals surface area contributed by atoms with Crippen molar-refractivity contribution < 1.29 is 18.3 Å². The first-order valence-corrected chi connectivity index (χ1v) is 9.87. The number of aromatic nitrogens is 2. The number of nitrogens with one attached hydrogen (secondary N) is 1. The van der Waals surface area contributed by atoms with Gasteiger partial charge in [0.1, 0.15) is 23.1 Å². The molecule has 0 bridgehead atoms. The molecule has 32 heavy (non-hydrogen) atoms. The largest absolute Gasteiger partial charge is 0.457 e. The quantitative estimate of drug-likeness (QED) is 0.441. The van der Waals surface area contributed by atoms with Crippen molar-refractivity contribution in [3.8, 4) is 22.8 Å². The molecule has 7 heteroatoms. The fourth-order valence-electron chi connectivity index (χ4n) is 3.24. The lowest BCUT2D eigenvalue weighted by Crippen LogP contribution is -2.23. The average molecular weight is 431 g/mol. The van der Waals surface area contributed by atoms with Gasteiger partial charge in [0, 0.05) is 54.0 Å². The summed E-state index contributed by atoms with van der Waals surface area (Å²) in [6.45, 7) is 1.77. The van der Waals surface area contributed by atoms with Crippen molar-refractivity contribution in [3.05, 3.63) is 108 Å². The van der Waals surface area contributed by atoms with Crippen molar-refractivity contribution in [1.82, 2.24) is 15.3 Å². The monoisotopic (exact) mass is 431 g/mol. The molecule has 0 unspecified atom stereocenters. The Morgan fingerprint density at radius 2 is 1.81 bits per heavy atom. The van der Waals surface area contributed by atoms with Crippen molar-refractivity contribution in [1.29, 1.82) is 0 Å². The highest BCUT2D eigenvalue weighted by Gasteiger charge is 2.14. The van der Waals surface area contributed by atoms with Gasteiger partial charge in [0.25, 0.3) is 5.91 Å². The topological polar surface area (TPSA) is 64.1 Å². The van der Waals surface area contributed by atoms with Crippen LogP contribution in [-0.2, 0) is 6.54 Å². The van der Waals surface area contributed by atoms with Gasteiger partial charge in [0.15, 0.2) is 0 Å². The predicted octanol–water partition coefficient (Wildman–Crippen LogP) is 5.45. The molecule has 4 aromatic rings. The molecular weight excluding hydrogens is 412 g/mol. The number of pyridine rings is 2. The fourth-order valence-corrected chi connectivity index (χ4v) is 3.24. The number of rotatable bonds is 6. The molecule has 0 radical (unpaired) electrons. The zero-order chi connectivity index (χ0) is 22.5. The lowest BCUT2D eigenvalue weighted by atomic mass is 10.1. The second-order valence-corrected chi connectivity index (χ2v) is 7.11. The summed E-state index contributed by atoms with van der Waals surface area (Å²) in [5.74, 6) is -0.677. The first kappa shape index (κ1) is 21.1. The van der Waals surface area contributed by atoms with Crippen LogP contribution in [0.2, 0.25) is 0 Å². The van der Waals surface area contributed by atoms with Crippen LogP contribution in [0.3, 0.4) is 0 Å². The van der Waals surface area contributed by atoms with Gasteiger partial charge in [-0.05, 0) is 55.0 Å². The highest BCUT2D eigenvalue weighted by atomic mass is 19.1. The van der Waals surface area contributed by atoms with Crippen molar-refractivity contribution in [3.63, 3.8) is 0 Å². The molecule has 0 aliphatic rings. The van der Waals surface area contributed by atoms with E-state index in [1.54, 1.807) is 55.8 Å². The standard InChI is InChI=1S/C25H19F2N3O2/c1-16-22(25(31)30-14-17-10-19(26)12-20(27)11-17)5-2-6-24(16)32-21-7-9-29-23(13-21)18-4-3-8-28-15-18/h2-13,15H,14H2,1H3,(H,30,31). The molecule has 2 aromatic carbocycles. The fraction of sp³-hybridized carbons (Fsp3) is 0.0800. The maximum atomic E-state index is 13.4. The molecule has 0 fully saturated rings. The van der Waals surface area contributed by atoms with E-state index in [0.717, 1.165) is 11.6 Å². The third kappa shape index (κ3) is 4.95. The molecule has 1 amide bonds. The molecule has 0 saturated heterocycles. The molecule has 160 valence electrons. The van der Waals surface area contributed by atoms with Gasteiger partial charge in [-0.15, -0.1) is 0 Å². The van der Waals surface area contributed by atoms with E-state index in [-0.39, 0.29) is 12.5 Å². The molecule has 0 aliphatic carbocycles. The first-order chi connectivity index (χ1) is 15.5. The Labute approximate surface area is 183 Å². The summed E-state index contributed by atoms with van der Waals surface area (Å²) >= 11 is 0. The van der Waals surface area contributed by atoms with Gasteiger partial charge in [0.05, 0.1) is 5.69 Å². The zero-order valence-corrected chi connectivity index (χ0v) is 17.2. The number of amides is 1. The highest BCUT2D eigenvalue weighted by molar-refractivity contribution is 5.96. The van der Waals surface area contributed by atoms with Crippen molar-refractivity contribution in [2.24, 2.45) is 0 Å². The SMILES string of the molecule is Cc1c(Oc2ccnc(-c3cccnc3)c2)cccc1C(=O)NCc1cc(F)cc(F)c1. The van der Waals surface area contributed by atoms with E-state index >= 15 is 0 Å². The molecule has 2 aromatic heterocycles. The van der Waals surface area contributed by atoms with Crippen LogP contribution >= 0.6 is 0 Å². The van der Waals surface area contributed by atoms with Gasteiger partial charge in [0.2, 0.25) is 0 Å². The third-order valence-electron chi connectivity index (χ3n) is 4.82. The summed E-state index contributed by atoms with van der Waals surface area (Å²) in [6, 6.07) is 15.5. The molecule has 1 N–H and O–H groups in total. The van der Waals surface area contributed by atoms with E-state index in [1.165, 1.54) is 12.1 Å². The minimum atomic E-state index is -0.691. The molecule has 2 heterocycles. The van der Waals surface area contributed by atoms with Gasteiger partial charge in [-0.3, -0.25) is 14.8 Å². The van der Waals surface area contributed by atoms with Crippen molar-refractivity contribution in [2.75, 3.05) is 0 Å². The number of benzene rings is 2. The van der Waals surface area contributed by atoms with E-state index in [1.807, 2.05) is 12.1 Å². The minimum absolute atomic E-state index is 0.00311. The highest BCUT2D eigenvalue weighted by Crippen LogP contribution is 2.29. The molecular formula is C25H19F2N3O2. The van der Waals surface area contributed by atoms with E-state index in [2.05, 4.69) is 15.3 Å². The van der Waals surface area contributed by atoms with Gasteiger partial charge in [-0.1, -0.05) is 6.07 Å². The van der Waals surface area contributed by atoms with E-state index in [4.69, 9.17) is 4.74 Å². The Morgan fingerprint density at radius 1 is 1.00 bits per heavy atom. The van der Waals surface area contributed by atoms with E-state index in [9.17, 15) is 13.6 Å². The Bertz CT molecular complexity index is 1240. The zero-order valence-electron chi connectivity index (χ0n) is 17.2. The van der Waals surface area contributed by atoms with Gasteiger partial charge < -0.3 is 10.1 Å². The van der Waals surface area contributed by atoms with Crippen LogP contribution in [0.5, 0.6) is 11.5 Å². The number of carbonyl (C=O) groups is 1. The van der Waals surface area contributed by atoms with Gasteiger partial charge >= 0.3 is 0 Å². The maximum Gasteiger partial charge on any atom is 0.251 e. The molecule has 0 aliphatic heterocycles. The van der Waals surface area contributed by atoms with Crippen LogP contribution < -0.4 is 10.1 Å². The van der Waals surface area contributed by atoms with Gasteiger partial charge in [-0.25, -0.2) is 8.78 Å². The second kappa shape index (κ2) is 9.34. The predicted molar refractivity (Wildman–Crippen MR) is 116 cm³/mol. The summed E-state index contributed by atoms with van der Waals surface area (Å²) in [7, 11) is 0. The lowest BCUT2D eigenvalue weighted by Gasteiger charge is -2.13. The molecule has 5 nitrogen and oxygen atoms in total. The summed E-state index contributed by atoms with van der Waals surface area (Å²) in [4.78, 5) is 21.1. The number of hydrogen-bond donors (Lipinski definition) is 1. The third-order valence-corrected chi connectivity index (χ3v) is 4.82. The normalized spacial score (nSPS) is 10.6. The summed E-state index contributed by atoms with van der Waals surface area (Å²) in [6.07, 6.45) is 5.04. The molecule has 0 saturated carbocycles. The van der Waals surface area contributed by atoms with Crippen LogP contribution in [-0.4, -0.2) is 15.9 Å². The van der Waals surface area contributed by atoms with E-state index < -0.39 is 11.6 Å². The Morgan fingerprint density at radius 3 is 2.56 bits per heavy atom. The molecule has 0 atom stereocenters. The summed E-state index contributed by atoms with van der Waals surface area (Å²) < 4.78 is 32.7. The van der Waals surface area contributed by atoms with Crippen LogP contribution in [0.15, 0.2) is 79.3 Å². The summed E-state index contributed by atoms with van der Waals surface area (Å²) in [5, 5.41) is 2.69. The molecule has 0 spiro atoms. The number of nitrogens with zero attached hydrogens (tertiary/aromatic N) is 2. The van der Waals surface area contributed by atoms with Crippen LogP contribution in [0.4, 0.5) is 8.78 Å². The number of hydrogen-bond acceptors (Lipinski definition) is 4. The van der Waals surface area contributed by atoms with Gasteiger partial charge in [-0.2, -0.15) is 0 Å². The van der Waals surface area contributed by atoms with Crippen LogP contribution in [0, 0.1) is 18.6 Å². The number of ether oxygens (including phenoxy) is 1. The molecule has 4 rings (SSSR count). The Hall–Kier alpha value is -4.13. The van der Waals surface area contributed by atoms with Crippen LogP contribution in [0.25, 0.3) is 11.3 Å². The first-order valence-electron chi connectivity index (χ1n) is 9.87. The smallest absolute Gasteiger partial charge is 0.251 e. The lowest BCUT2D eigenvalue weighted by molar-refractivity contribution is 0.0950.